The Labute approximate surface area is 148 Å². The van der Waals surface area contributed by atoms with E-state index in [1.165, 1.54) is 0 Å². The molecule has 1 heterocycles. The van der Waals surface area contributed by atoms with Gasteiger partial charge in [0.25, 0.3) is 0 Å². The van der Waals surface area contributed by atoms with E-state index in [9.17, 15) is 4.79 Å². The average molecular weight is 369 g/mol. The highest BCUT2D eigenvalue weighted by Crippen LogP contribution is 2.38. The summed E-state index contributed by atoms with van der Waals surface area (Å²) in [6.45, 7) is 2.04. The van der Waals surface area contributed by atoms with Crippen molar-refractivity contribution >= 4 is 51.7 Å². The van der Waals surface area contributed by atoms with Crippen molar-refractivity contribution in [1.82, 2.24) is 4.98 Å². The fourth-order valence-electron chi connectivity index (χ4n) is 2.49. The van der Waals surface area contributed by atoms with E-state index in [1.807, 2.05) is 6.07 Å². The van der Waals surface area contributed by atoms with E-state index in [0.29, 0.717) is 31.9 Å². The number of esters is 1. The SMILES string of the molecule is CCOC(=O)c1[nH]c2ccc(Cl)cc2c1-c1ccc(Cl)cc1Cl. The summed E-state index contributed by atoms with van der Waals surface area (Å²) in [5, 5.41) is 2.33. The summed E-state index contributed by atoms with van der Waals surface area (Å²) in [6, 6.07) is 10.5. The molecule has 3 rings (SSSR count). The Hall–Kier alpha value is -1.68. The van der Waals surface area contributed by atoms with Gasteiger partial charge in [0.1, 0.15) is 5.69 Å². The Balaban J connectivity index is 2.33. The van der Waals surface area contributed by atoms with Gasteiger partial charge in [-0.3, -0.25) is 0 Å². The van der Waals surface area contributed by atoms with Crippen LogP contribution in [0.25, 0.3) is 22.0 Å². The van der Waals surface area contributed by atoms with Gasteiger partial charge in [0, 0.05) is 37.1 Å². The standard InChI is InChI=1S/C17H12Cl3NO2/c1-2-23-17(22)16-15(11-5-3-10(19)8-13(11)20)12-7-9(18)4-6-14(12)21-16/h3-8,21H,2H2,1H3. The van der Waals surface area contributed by atoms with E-state index in [4.69, 9.17) is 39.5 Å². The third kappa shape index (κ3) is 3.05. The first-order chi connectivity index (χ1) is 11.0. The van der Waals surface area contributed by atoms with Gasteiger partial charge in [0.2, 0.25) is 0 Å². The Morgan fingerprint density at radius 1 is 1.09 bits per heavy atom. The van der Waals surface area contributed by atoms with Gasteiger partial charge in [-0.15, -0.1) is 0 Å². The highest BCUT2D eigenvalue weighted by atomic mass is 35.5. The lowest BCUT2D eigenvalue weighted by Crippen LogP contribution is -2.06. The van der Waals surface area contributed by atoms with Crippen molar-refractivity contribution in [2.45, 2.75) is 6.92 Å². The van der Waals surface area contributed by atoms with Gasteiger partial charge in [-0.2, -0.15) is 0 Å². The summed E-state index contributed by atoms with van der Waals surface area (Å²) in [7, 11) is 0. The molecule has 1 N–H and O–H groups in total. The second-order valence-corrected chi connectivity index (χ2v) is 6.19. The van der Waals surface area contributed by atoms with E-state index in [-0.39, 0.29) is 6.61 Å². The predicted octanol–water partition coefficient (Wildman–Crippen LogP) is 5.97. The number of hydrogen-bond donors (Lipinski definition) is 1. The molecular weight excluding hydrogens is 357 g/mol. The molecular formula is C17H12Cl3NO2. The molecule has 0 aliphatic rings. The number of carbonyl (C=O) groups is 1. The van der Waals surface area contributed by atoms with Gasteiger partial charge >= 0.3 is 5.97 Å². The van der Waals surface area contributed by atoms with Gasteiger partial charge < -0.3 is 9.72 Å². The molecule has 0 bridgehead atoms. The van der Waals surface area contributed by atoms with Crippen LogP contribution in [0, 0.1) is 0 Å². The molecule has 1 aromatic heterocycles. The van der Waals surface area contributed by atoms with E-state index < -0.39 is 5.97 Å². The van der Waals surface area contributed by atoms with Crippen LogP contribution in [0.5, 0.6) is 0 Å². The predicted molar refractivity (Wildman–Crippen MR) is 94.7 cm³/mol. The Kier molecular flexibility index (Phi) is 4.53. The molecule has 3 aromatic rings. The maximum absolute atomic E-state index is 12.3. The molecule has 0 aliphatic carbocycles. The third-order valence-corrected chi connectivity index (χ3v) is 4.22. The van der Waals surface area contributed by atoms with Gasteiger partial charge in [0.05, 0.1) is 6.61 Å². The maximum Gasteiger partial charge on any atom is 0.355 e. The van der Waals surface area contributed by atoms with Crippen LogP contribution in [-0.4, -0.2) is 17.6 Å². The third-order valence-electron chi connectivity index (χ3n) is 3.44. The molecule has 0 saturated carbocycles. The lowest BCUT2D eigenvalue weighted by atomic mass is 10.0. The molecule has 0 spiro atoms. The molecule has 6 heteroatoms. The summed E-state index contributed by atoms with van der Waals surface area (Å²) < 4.78 is 5.14. The van der Waals surface area contributed by atoms with Crippen molar-refractivity contribution < 1.29 is 9.53 Å². The largest absolute Gasteiger partial charge is 0.461 e. The van der Waals surface area contributed by atoms with Crippen LogP contribution in [0.2, 0.25) is 15.1 Å². The van der Waals surface area contributed by atoms with E-state index in [0.717, 1.165) is 10.9 Å². The topological polar surface area (TPSA) is 42.1 Å². The molecule has 0 fully saturated rings. The first kappa shape index (κ1) is 16.2. The molecule has 118 valence electrons. The van der Waals surface area contributed by atoms with Crippen molar-refractivity contribution in [2.24, 2.45) is 0 Å². The summed E-state index contributed by atoms with van der Waals surface area (Å²) in [6.07, 6.45) is 0. The molecule has 0 saturated heterocycles. The van der Waals surface area contributed by atoms with Crippen LogP contribution in [0.15, 0.2) is 36.4 Å². The zero-order valence-corrected chi connectivity index (χ0v) is 14.4. The summed E-state index contributed by atoms with van der Waals surface area (Å²) >= 11 is 18.4. The lowest BCUT2D eigenvalue weighted by molar-refractivity contribution is 0.0521. The van der Waals surface area contributed by atoms with E-state index in [1.54, 1.807) is 37.3 Å². The molecule has 0 unspecified atom stereocenters. The summed E-state index contributed by atoms with van der Waals surface area (Å²) in [5.74, 6) is -0.444. The maximum atomic E-state index is 12.3. The molecule has 0 atom stereocenters. The number of hydrogen-bond acceptors (Lipinski definition) is 2. The zero-order chi connectivity index (χ0) is 16.6. The van der Waals surface area contributed by atoms with Crippen LogP contribution < -0.4 is 0 Å². The van der Waals surface area contributed by atoms with Gasteiger partial charge in [-0.25, -0.2) is 4.79 Å². The van der Waals surface area contributed by atoms with Gasteiger partial charge in [0.15, 0.2) is 0 Å². The number of aromatic amines is 1. The molecule has 2 aromatic carbocycles. The minimum absolute atomic E-state index is 0.281. The van der Waals surface area contributed by atoms with Gasteiger partial charge in [-0.1, -0.05) is 40.9 Å². The minimum Gasteiger partial charge on any atom is -0.461 e. The first-order valence-corrected chi connectivity index (χ1v) is 8.08. The van der Waals surface area contributed by atoms with Crippen LogP contribution >= 0.6 is 34.8 Å². The lowest BCUT2D eigenvalue weighted by Gasteiger charge is -2.07. The van der Waals surface area contributed by atoms with Crippen molar-refractivity contribution in [1.29, 1.82) is 0 Å². The smallest absolute Gasteiger partial charge is 0.355 e. The van der Waals surface area contributed by atoms with E-state index >= 15 is 0 Å². The molecule has 3 nitrogen and oxygen atoms in total. The van der Waals surface area contributed by atoms with Gasteiger partial charge in [-0.05, 0) is 37.3 Å². The number of rotatable bonds is 3. The van der Waals surface area contributed by atoms with Crippen molar-refractivity contribution in [3.8, 4) is 11.1 Å². The second kappa shape index (κ2) is 6.44. The van der Waals surface area contributed by atoms with Crippen molar-refractivity contribution in [3.05, 3.63) is 57.2 Å². The Morgan fingerprint density at radius 3 is 2.48 bits per heavy atom. The normalized spacial score (nSPS) is 11.0. The number of benzene rings is 2. The number of H-pyrrole nitrogens is 1. The number of nitrogens with one attached hydrogen (secondary N) is 1. The van der Waals surface area contributed by atoms with Crippen LogP contribution in [0.4, 0.5) is 0 Å². The van der Waals surface area contributed by atoms with Crippen molar-refractivity contribution in [3.63, 3.8) is 0 Å². The summed E-state index contributed by atoms with van der Waals surface area (Å²) in [4.78, 5) is 15.4. The van der Waals surface area contributed by atoms with Crippen LogP contribution in [0.3, 0.4) is 0 Å². The number of ether oxygens (including phenoxy) is 1. The van der Waals surface area contributed by atoms with Crippen LogP contribution in [-0.2, 0) is 4.74 Å². The quantitative estimate of drug-likeness (QED) is 0.578. The van der Waals surface area contributed by atoms with Crippen molar-refractivity contribution in [2.75, 3.05) is 6.61 Å². The highest BCUT2D eigenvalue weighted by Gasteiger charge is 2.22. The summed E-state index contributed by atoms with van der Waals surface area (Å²) in [5.41, 5.74) is 2.46. The van der Waals surface area contributed by atoms with E-state index in [2.05, 4.69) is 4.98 Å². The Morgan fingerprint density at radius 2 is 1.78 bits per heavy atom. The molecule has 0 radical (unpaired) electrons. The zero-order valence-electron chi connectivity index (χ0n) is 12.1. The fourth-order valence-corrected chi connectivity index (χ4v) is 3.17. The number of fused-ring (bicyclic) bond motifs is 1. The number of carbonyl (C=O) groups excluding carboxylic acids is 1. The van der Waals surface area contributed by atoms with Crippen LogP contribution in [0.1, 0.15) is 17.4 Å². The number of aromatic nitrogens is 1. The highest BCUT2D eigenvalue weighted by molar-refractivity contribution is 6.37. The fraction of sp³-hybridized carbons (Fsp3) is 0.118. The molecule has 23 heavy (non-hydrogen) atoms. The first-order valence-electron chi connectivity index (χ1n) is 6.95. The monoisotopic (exact) mass is 367 g/mol. The molecule has 0 amide bonds. The minimum atomic E-state index is -0.444. The molecule has 0 aliphatic heterocycles. The second-order valence-electron chi connectivity index (χ2n) is 4.91. The number of halogens is 3. The Bertz CT molecular complexity index is 902. The average Bonchev–Trinajstić information content (AvgIpc) is 2.86.